The minimum absolute atomic E-state index is 0.219. The molecule has 3 atom stereocenters. The predicted molar refractivity (Wildman–Crippen MR) is 69.3 cm³/mol. The van der Waals surface area contributed by atoms with Crippen LogP contribution in [0.1, 0.15) is 44.9 Å². The molecule has 0 aromatic rings. The van der Waals surface area contributed by atoms with E-state index in [-0.39, 0.29) is 12.0 Å². The highest BCUT2D eigenvalue weighted by molar-refractivity contribution is 5.76. The average Bonchev–Trinajstić information content (AvgIpc) is 2.97. The Kier molecular flexibility index (Phi) is 3.85. The van der Waals surface area contributed by atoms with Crippen molar-refractivity contribution >= 4 is 5.91 Å². The first-order chi connectivity index (χ1) is 8.79. The van der Waals surface area contributed by atoms with Gasteiger partial charge in [0.15, 0.2) is 0 Å². The summed E-state index contributed by atoms with van der Waals surface area (Å²) in [7, 11) is 0. The Labute approximate surface area is 109 Å². The van der Waals surface area contributed by atoms with Gasteiger partial charge in [0.2, 0.25) is 5.91 Å². The molecule has 3 aliphatic heterocycles. The van der Waals surface area contributed by atoms with E-state index >= 15 is 0 Å². The van der Waals surface area contributed by atoms with E-state index < -0.39 is 0 Å². The summed E-state index contributed by atoms with van der Waals surface area (Å²) in [6.45, 7) is 1.56. The summed E-state index contributed by atoms with van der Waals surface area (Å²) in [6, 6.07) is 1.36. The van der Waals surface area contributed by atoms with Gasteiger partial charge in [-0.3, -0.25) is 4.79 Å². The number of carbonyl (C=O) groups is 1. The normalized spacial score (nSPS) is 38.9. The molecule has 0 saturated carbocycles. The maximum atomic E-state index is 11.9. The SMILES string of the molecule is O=C(CC1CC2CCC(C1)N2)NCC1CCCO1. The molecule has 0 spiro atoms. The molecule has 2 bridgehead atoms. The van der Waals surface area contributed by atoms with Crippen molar-refractivity contribution in [3.05, 3.63) is 0 Å². The van der Waals surface area contributed by atoms with Gasteiger partial charge in [0.25, 0.3) is 0 Å². The number of hydrogen-bond acceptors (Lipinski definition) is 3. The van der Waals surface area contributed by atoms with Gasteiger partial charge >= 0.3 is 0 Å². The highest BCUT2D eigenvalue weighted by atomic mass is 16.5. The smallest absolute Gasteiger partial charge is 0.220 e. The molecule has 4 heteroatoms. The minimum Gasteiger partial charge on any atom is -0.376 e. The molecule has 3 fully saturated rings. The van der Waals surface area contributed by atoms with Crippen LogP contribution in [0.2, 0.25) is 0 Å². The molecule has 102 valence electrons. The lowest BCUT2D eigenvalue weighted by molar-refractivity contribution is -0.122. The lowest BCUT2D eigenvalue weighted by Gasteiger charge is -2.28. The molecule has 3 rings (SSSR count). The number of carbonyl (C=O) groups excluding carboxylic acids is 1. The molecule has 0 aliphatic carbocycles. The summed E-state index contributed by atoms with van der Waals surface area (Å²) in [5, 5.41) is 6.66. The van der Waals surface area contributed by atoms with Crippen LogP contribution in [0, 0.1) is 5.92 Å². The maximum Gasteiger partial charge on any atom is 0.220 e. The fourth-order valence-corrected chi connectivity index (χ4v) is 3.71. The first kappa shape index (κ1) is 12.4. The second kappa shape index (κ2) is 5.57. The Bertz CT molecular complexity index is 290. The minimum atomic E-state index is 0.219. The van der Waals surface area contributed by atoms with Crippen LogP contribution in [-0.2, 0) is 9.53 Å². The van der Waals surface area contributed by atoms with Crippen molar-refractivity contribution in [2.24, 2.45) is 5.92 Å². The molecule has 3 heterocycles. The maximum absolute atomic E-state index is 11.9. The Morgan fingerprint density at radius 2 is 2.00 bits per heavy atom. The van der Waals surface area contributed by atoms with Gasteiger partial charge in [-0.1, -0.05) is 0 Å². The molecule has 0 aromatic heterocycles. The summed E-state index contributed by atoms with van der Waals surface area (Å²) in [6.07, 6.45) is 8.18. The second-order valence-electron chi connectivity index (χ2n) is 6.12. The van der Waals surface area contributed by atoms with Crippen LogP contribution < -0.4 is 10.6 Å². The fourth-order valence-electron chi connectivity index (χ4n) is 3.71. The van der Waals surface area contributed by atoms with Gasteiger partial charge < -0.3 is 15.4 Å². The van der Waals surface area contributed by atoms with E-state index in [9.17, 15) is 4.79 Å². The molecule has 0 aromatic carbocycles. The van der Waals surface area contributed by atoms with E-state index in [1.165, 1.54) is 25.7 Å². The monoisotopic (exact) mass is 252 g/mol. The topological polar surface area (TPSA) is 50.4 Å². The van der Waals surface area contributed by atoms with Crippen molar-refractivity contribution in [1.29, 1.82) is 0 Å². The van der Waals surface area contributed by atoms with E-state index in [0.29, 0.717) is 31.0 Å². The molecule has 4 nitrogen and oxygen atoms in total. The van der Waals surface area contributed by atoms with Gasteiger partial charge in [0, 0.05) is 31.7 Å². The quantitative estimate of drug-likeness (QED) is 0.790. The summed E-state index contributed by atoms with van der Waals surface area (Å²) < 4.78 is 5.51. The highest BCUT2D eigenvalue weighted by Gasteiger charge is 2.34. The standard InChI is InChI=1S/C14H24N2O2/c17-14(15-9-13-2-1-5-18-13)8-10-6-11-3-4-12(7-10)16-11/h10-13,16H,1-9H2,(H,15,17). The van der Waals surface area contributed by atoms with Crippen molar-refractivity contribution in [1.82, 2.24) is 10.6 Å². The molecule has 1 amide bonds. The largest absolute Gasteiger partial charge is 0.376 e. The molecule has 0 radical (unpaired) electrons. The van der Waals surface area contributed by atoms with Gasteiger partial charge in [-0.05, 0) is 44.4 Å². The number of piperidine rings is 1. The van der Waals surface area contributed by atoms with Crippen molar-refractivity contribution in [2.45, 2.75) is 63.1 Å². The molecular formula is C14H24N2O2. The lowest BCUT2D eigenvalue weighted by Crippen LogP contribution is -2.40. The van der Waals surface area contributed by atoms with Gasteiger partial charge in [-0.2, -0.15) is 0 Å². The number of nitrogens with one attached hydrogen (secondary N) is 2. The van der Waals surface area contributed by atoms with Crippen molar-refractivity contribution in [3.63, 3.8) is 0 Å². The van der Waals surface area contributed by atoms with Crippen LogP contribution >= 0.6 is 0 Å². The Hall–Kier alpha value is -0.610. The van der Waals surface area contributed by atoms with Crippen molar-refractivity contribution in [3.8, 4) is 0 Å². The van der Waals surface area contributed by atoms with Crippen LogP contribution in [0.15, 0.2) is 0 Å². The Balaban J connectivity index is 1.38. The fraction of sp³-hybridized carbons (Fsp3) is 0.929. The third-order valence-corrected chi connectivity index (χ3v) is 4.60. The zero-order valence-corrected chi connectivity index (χ0v) is 11.0. The molecule has 2 N–H and O–H groups in total. The number of rotatable bonds is 4. The molecule has 3 saturated heterocycles. The van der Waals surface area contributed by atoms with Gasteiger partial charge in [0.1, 0.15) is 0 Å². The molecule has 18 heavy (non-hydrogen) atoms. The van der Waals surface area contributed by atoms with Crippen LogP contribution in [0.4, 0.5) is 0 Å². The molecule has 3 unspecified atom stereocenters. The lowest BCUT2D eigenvalue weighted by atomic mass is 9.89. The van der Waals surface area contributed by atoms with E-state index in [2.05, 4.69) is 10.6 Å². The first-order valence-corrected chi connectivity index (χ1v) is 7.44. The van der Waals surface area contributed by atoms with Gasteiger partial charge in [-0.25, -0.2) is 0 Å². The summed E-state index contributed by atoms with van der Waals surface area (Å²) >= 11 is 0. The average molecular weight is 252 g/mol. The highest BCUT2D eigenvalue weighted by Crippen LogP contribution is 2.32. The van der Waals surface area contributed by atoms with Crippen LogP contribution in [0.25, 0.3) is 0 Å². The van der Waals surface area contributed by atoms with Crippen LogP contribution in [0.5, 0.6) is 0 Å². The first-order valence-electron chi connectivity index (χ1n) is 7.44. The van der Waals surface area contributed by atoms with Crippen LogP contribution in [-0.4, -0.2) is 37.2 Å². The van der Waals surface area contributed by atoms with Gasteiger partial charge in [-0.15, -0.1) is 0 Å². The van der Waals surface area contributed by atoms with E-state index in [1.807, 2.05) is 0 Å². The van der Waals surface area contributed by atoms with Crippen molar-refractivity contribution in [2.75, 3.05) is 13.2 Å². The third kappa shape index (κ3) is 3.04. The summed E-state index contributed by atoms with van der Waals surface area (Å²) in [4.78, 5) is 11.9. The van der Waals surface area contributed by atoms with Crippen LogP contribution in [0.3, 0.4) is 0 Å². The number of ether oxygens (including phenoxy) is 1. The Morgan fingerprint density at radius 1 is 1.22 bits per heavy atom. The number of fused-ring (bicyclic) bond motifs is 2. The second-order valence-corrected chi connectivity index (χ2v) is 6.12. The third-order valence-electron chi connectivity index (χ3n) is 4.60. The van der Waals surface area contributed by atoms with E-state index in [1.54, 1.807) is 0 Å². The number of hydrogen-bond donors (Lipinski definition) is 2. The number of amides is 1. The zero-order chi connectivity index (χ0) is 12.4. The van der Waals surface area contributed by atoms with E-state index in [0.717, 1.165) is 19.4 Å². The Morgan fingerprint density at radius 3 is 2.67 bits per heavy atom. The predicted octanol–water partition coefficient (Wildman–Crippen LogP) is 1.20. The summed E-state index contributed by atoms with van der Waals surface area (Å²) in [5.41, 5.74) is 0. The zero-order valence-electron chi connectivity index (χ0n) is 11.0. The summed E-state index contributed by atoms with van der Waals surface area (Å²) in [5.74, 6) is 0.810. The molecular weight excluding hydrogens is 228 g/mol. The van der Waals surface area contributed by atoms with E-state index in [4.69, 9.17) is 4.74 Å². The van der Waals surface area contributed by atoms with Gasteiger partial charge in [0.05, 0.1) is 6.10 Å². The molecule has 3 aliphatic rings. The van der Waals surface area contributed by atoms with Crippen molar-refractivity contribution < 1.29 is 9.53 Å².